The van der Waals surface area contributed by atoms with E-state index in [4.69, 9.17) is 4.74 Å². The molecule has 1 unspecified atom stereocenters. The summed E-state index contributed by atoms with van der Waals surface area (Å²) >= 11 is 3.26. The highest BCUT2D eigenvalue weighted by atomic mass is 79.9. The average molecular weight is 325 g/mol. The Morgan fingerprint density at radius 3 is 2.79 bits per heavy atom. The normalized spacial score (nSPS) is 12.2. The Morgan fingerprint density at radius 1 is 1.32 bits per heavy atom. The van der Waals surface area contributed by atoms with E-state index in [0.717, 1.165) is 5.56 Å². The Kier molecular flexibility index (Phi) is 4.50. The zero-order valence-electron chi connectivity index (χ0n) is 10.7. The molecule has 19 heavy (non-hydrogen) atoms. The molecule has 1 aromatic carbocycles. The molecule has 0 aliphatic heterocycles. The second-order valence-corrected chi connectivity index (χ2v) is 4.97. The van der Waals surface area contributed by atoms with Crippen LogP contribution in [0.15, 0.2) is 41.0 Å². The smallest absolute Gasteiger partial charge is 0.219 e. The van der Waals surface area contributed by atoms with Gasteiger partial charge in [-0.05, 0) is 59.7 Å². The van der Waals surface area contributed by atoms with Gasteiger partial charge < -0.3 is 10.1 Å². The number of halogens is 2. The predicted molar refractivity (Wildman–Crippen MR) is 75.9 cm³/mol. The van der Waals surface area contributed by atoms with Crippen LogP contribution < -0.4 is 10.1 Å². The maximum absolute atomic E-state index is 13.0. The number of aromatic nitrogens is 1. The Balaban J connectivity index is 2.23. The van der Waals surface area contributed by atoms with Crippen molar-refractivity contribution in [2.24, 2.45) is 0 Å². The van der Waals surface area contributed by atoms with Crippen molar-refractivity contribution in [3.63, 3.8) is 0 Å². The minimum absolute atomic E-state index is 0.210. The number of rotatable bonds is 4. The molecule has 0 amide bonds. The van der Waals surface area contributed by atoms with Crippen molar-refractivity contribution in [2.75, 3.05) is 7.05 Å². The minimum Gasteiger partial charge on any atom is -0.438 e. The number of hydrogen-bond acceptors (Lipinski definition) is 3. The lowest BCUT2D eigenvalue weighted by molar-refractivity contribution is 0.456. The second kappa shape index (κ2) is 6.12. The summed E-state index contributed by atoms with van der Waals surface area (Å²) in [6, 6.07) is 8.26. The number of pyridine rings is 1. The maximum Gasteiger partial charge on any atom is 0.219 e. The third-order valence-corrected chi connectivity index (χ3v) is 3.42. The maximum atomic E-state index is 13.0. The van der Waals surface area contributed by atoms with Crippen LogP contribution in [0.3, 0.4) is 0 Å². The van der Waals surface area contributed by atoms with Gasteiger partial charge in [0, 0.05) is 18.3 Å². The van der Waals surface area contributed by atoms with Crippen molar-refractivity contribution in [1.82, 2.24) is 10.3 Å². The summed E-state index contributed by atoms with van der Waals surface area (Å²) in [6.07, 6.45) is 1.69. The van der Waals surface area contributed by atoms with E-state index in [1.54, 1.807) is 12.3 Å². The van der Waals surface area contributed by atoms with E-state index in [9.17, 15) is 4.39 Å². The third kappa shape index (κ3) is 3.52. The molecule has 1 atom stereocenters. The number of benzene rings is 1. The van der Waals surface area contributed by atoms with Gasteiger partial charge in [0.05, 0.1) is 4.47 Å². The summed E-state index contributed by atoms with van der Waals surface area (Å²) in [6.45, 7) is 2.05. The summed E-state index contributed by atoms with van der Waals surface area (Å²) in [4.78, 5) is 4.15. The molecular formula is C14H14BrFN2O. The first-order chi connectivity index (χ1) is 9.10. The van der Waals surface area contributed by atoms with Crippen LogP contribution >= 0.6 is 15.9 Å². The fourth-order valence-electron chi connectivity index (χ4n) is 1.59. The molecule has 0 fully saturated rings. The van der Waals surface area contributed by atoms with Crippen LogP contribution in [0.4, 0.5) is 4.39 Å². The first kappa shape index (κ1) is 14.0. The molecule has 1 heterocycles. The minimum atomic E-state index is -0.315. The van der Waals surface area contributed by atoms with Crippen molar-refractivity contribution < 1.29 is 9.13 Å². The van der Waals surface area contributed by atoms with Crippen molar-refractivity contribution in [3.8, 4) is 11.6 Å². The second-order valence-electron chi connectivity index (χ2n) is 4.11. The lowest BCUT2D eigenvalue weighted by atomic mass is 10.1. The van der Waals surface area contributed by atoms with Gasteiger partial charge in [-0.1, -0.05) is 0 Å². The lowest BCUT2D eigenvalue weighted by Gasteiger charge is -2.12. The average Bonchev–Trinajstić information content (AvgIpc) is 2.41. The van der Waals surface area contributed by atoms with Crippen LogP contribution in [0, 0.1) is 5.82 Å². The molecule has 0 saturated carbocycles. The fourth-order valence-corrected chi connectivity index (χ4v) is 2.02. The predicted octanol–water partition coefficient (Wildman–Crippen LogP) is 4.06. The Hall–Kier alpha value is -1.46. The highest BCUT2D eigenvalue weighted by molar-refractivity contribution is 9.10. The van der Waals surface area contributed by atoms with Gasteiger partial charge in [0.25, 0.3) is 0 Å². The molecular weight excluding hydrogens is 311 g/mol. The van der Waals surface area contributed by atoms with Gasteiger partial charge in [0.1, 0.15) is 11.6 Å². The fraction of sp³-hybridized carbons (Fsp3) is 0.214. The summed E-state index contributed by atoms with van der Waals surface area (Å²) in [7, 11) is 1.89. The molecule has 0 saturated heterocycles. The molecule has 0 bridgehead atoms. The van der Waals surface area contributed by atoms with Gasteiger partial charge in [0.2, 0.25) is 5.88 Å². The van der Waals surface area contributed by atoms with Crippen molar-refractivity contribution >= 4 is 15.9 Å². The van der Waals surface area contributed by atoms with Crippen LogP contribution in [0.2, 0.25) is 0 Å². The standard InChI is InChI=1S/C14H14BrFN2O/c1-9(17-2)10-5-6-18-14(7-10)19-13-4-3-11(16)8-12(13)15/h3-9,17H,1-2H3. The molecule has 1 aromatic heterocycles. The summed E-state index contributed by atoms with van der Waals surface area (Å²) in [5, 5.41) is 3.15. The Morgan fingerprint density at radius 2 is 2.11 bits per heavy atom. The van der Waals surface area contributed by atoms with E-state index in [-0.39, 0.29) is 11.9 Å². The highest BCUT2D eigenvalue weighted by Gasteiger charge is 2.08. The lowest BCUT2D eigenvalue weighted by Crippen LogP contribution is -2.12. The highest BCUT2D eigenvalue weighted by Crippen LogP contribution is 2.30. The number of hydrogen-bond donors (Lipinski definition) is 1. The molecule has 2 rings (SSSR count). The van der Waals surface area contributed by atoms with Crippen molar-refractivity contribution in [1.29, 1.82) is 0 Å². The van der Waals surface area contributed by atoms with Gasteiger partial charge >= 0.3 is 0 Å². The van der Waals surface area contributed by atoms with Gasteiger partial charge in [0.15, 0.2) is 0 Å². The molecule has 3 nitrogen and oxygen atoms in total. The molecule has 0 radical (unpaired) electrons. The molecule has 0 aliphatic carbocycles. The van der Waals surface area contributed by atoms with E-state index >= 15 is 0 Å². The molecule has 0 aliphatic rings. The first-order valence-electron chi connectivity index (χ1n) is 5.86. The molecule has 1 N–H and O–H groups in total. The first-order valence-corrected chi connectivity index (χ1v) is 6.65. The van der Waals surface area contributed by atoms with Gasteiger partial charge in [-0.2, -0.15) is 0 Å². The van der Waals surface area contributed by atoms with Crippen molar-refractivity contribution in [3.05, 3.63) is 52.4 Å². The molecule has 5 heteroatoms. The topological polar surface area (TPSA) is 34.2 Å². The number of nitrogens with zero attached hydrogens (tertiary/aromatic N) is 1. The van der Waals surface area contributed by atoms with E-state index in [1.807, 2.05) is 26.1 Å². The van der Waals surface area contributed by atoms with Crippen LogP contribution in [-0.4, -0.2) is 12.0 Å². The van der Waals surface area contributed by atoms with Crippen LogP contribution in [0.5, 0.6) is 11.6 Å². The van der Waals surface area contributed by atoms with E-state index in [2.05, 4.69) is 26.2 Å². The van der Waals surface area contributed by atoms with Gasteiger partial charge in [-0.25, -0.2) is 9.37 Å². The van der Waals surface area contributed by atoms with E-state index < -0.39 is 0 Å². The quantitative estimate of drug-likeness (QED) is 0.921. The third-order valence-electron chi connectivity index (χ3n) is 2.80. The van der Waals surface area contributed by atoms with Crippen LogP contribution in [-0.2, 0) is 0 Å². The van der Waals surface area contributed by atoms with Crippen LogP contribution in [0.1, 0.15) is 18.5 Å². The van der Waals surface area contributed by atoms with Crippen molar-refractivity contribution in [2.45, 2.75) is 13.0 Å². The molecule has 0 spiro atoms. The van der Waals surface area contributed by atoms with Gasteiger partial charge in [-0.3, -0.25) is 0 Å². The number of nitrogens with one attached hydrogen (secondary N) is 1. The van der Waals surface area contributed by atoms with Crippen LogP contribution in [0.25, 0.3) is 0 Å². The van der Waals surface area contributed by atoms with E-state index in [1.165, 1.54) is 12.1 Å². The summed E-state index contributed by atoms with van der Waals surface area (Å²) < 4.78 is 19.2. The number of ether oxygens (including phenoxy) is 1. The summed E-state index contributed by atoms with van der Waals surface area (Å²) in [5.41, 5.74) is 1.07. The monoisotopic (exact) mass is 324 g/mol. The molecule has 100 valence electrons. The Labute approximate surface area is 119 Å². The largest absolute Gasteiger partial charge is 0.438 e. The van der Waals surface area contributed by atoms with E-state index in [0.29, 0.717) is 16.1 Å². The zero-order chi connectivity index (χ0) is 13.8. The SMILES string of the molecule is CNC(C)c1ccnc(Oc2ccc(F)cc2Br)c1. The van der Waals surface area contributed by atoms with Gasteiger partial charge in [-0.15, -0.1) is 0 Å². The molecule has 2 aromatic rings. The summed E-state index contributed by atoms with van der Waals surface area (Å²) in [5.74, 6) is 0.694. The Bertz CT molecular complexity index is 577. The zero-order valence-corrected chi connectivity index (χ0v) is 12.2.